The lowest BCUT2D eigenvalue weighted by molar-refractivity contribution is -0.141. The minimum Gasteiger partial charge on any atom is -0.348 e. The molecule has 2 heterocycles. The van der Waals surface area contributed by atoms with Gasteiger partial charge in [0, 0.05) is 42.5 Å². The van der Waals surface area contributed by atoms with Gasteiger partial charge in [-0.2, -0.15) is 18.3 Å². The molecule has 12 heteroatoms. The number of benzene rings is 2. The predicted octanol–water partition coefficient (Wildman–Crippen LogP) is 4.61. The number of halogens is 6. The molecule has 36 heavy (non-hydrogen) atoms. The van der Waals surface area contributed by atoms with E-state index >= 15 is 0 Å². The first kappa shape index (κ1) is 25.3. The fourth-order valence-corrected chi connectivity index (χ4v) is 4.11. The molecule has 3 aromatic rings. The van der Waals surface area contributed by atoms with Crippen LogP contribution in [0.5, 0.6) is 0 Å². The zero-order chi connectivity index (χ0) is 26.6. The summed E-state index contributed by atoms with van der Waals surface area (Å²) in [5, 5.41) is 5.81. The molecule has 1 aromatic heterocycles. The Hall–Kier alpha value is -3.83. The van der Waals surface area contributed by atoms with Crippen molar-refractivity contribution in [2.75, 3.05) is 4.90 Å². The number of alkyl halides is 3. The Morgan fingerprint density at radius 2 is 1.69 bits per heavy atom. The van der Waals surface area contributed by atoms with E-state index in [0.717, 1.165) is 10.7 Å². The van der Waals surface area contributed by atoms with E-state index in [9.17, 15) is 35.9 Å². The van der Waals surface area contributed by atoms with Gasteiger partial charge in [-0.15, -0.1) is 0 Å². The minimum absolute atomic E-state index is 0.0492. The average molecular weight is 510 g/mol. The van der Waals surface area contributed by atoms with Crippen molar-refractivity contribution < 1.29 is 35.9 Å². The molecule has 0 atom stereocenters. The van der Waals surface area contributed by atoms with Gasteiger partial charge in [0.2, 0.25) is 5.91 Å². The Morgan fingerprint density at radius 3 is 2.28 bits per heavy atom. The first-order chi connectivity index (χ1) is 16.7. The molecule has 1 N–H and O–H groups in total. The number of hydrogen-bond donors (Lipinski definition) is 1. The van der Waals surface area contributed by atoms with Crippen LogP contribution in [-0.4, -0.2) is 21.6 Å². The van der Waals surface area contributed by atoms with Gasteiger partial charge in [-0.1, -0.05) is 6.07 Å². The first-order valence-electron chi connectivity index (χ1n) is 10.7. The molecule has 0 fully saturated rings. The third kappa shape index (κ3) is 4.42. The fourth-order valence-electron chi connectivity index (χ4n) is 4.11. The monoisotopic (exact) mass is 510 g/mol. The zero-order valence-corrected chi connectivity index (χ0v) is 19.3. The summed E-state index contributed by atoms with van der Waals surface area (Å²) in [6.07, 6.45) is -4.66. The van der Waals surface area contributed by atoms with Gasteiger partial charge in [-0.05, 0) is 37.6 Å². The number of anilines is 1. The zero-order valence-electron chi connectivity index (χ0n) is 19.3. The van der Waals surface area contributed by atoms with Gasteiger partial charge in [0.1, 0.15) is 17.5 Å². The Balaban J connectivity index is 1.62. The molecule has 1 aliphatic heterocycles. The second-order valence-corrected chi connectivity index (χ2v) is 8.92. The molecule has 0 saturated carbocycles. The highest BCUT2D eigenvalue weighted by atomic mass is 19.4. The molecule has 0 radical (unpaired) electrons. The van der Waals surface area contributed by atoms with Crippen LogP contribution >= 0.6 is 0 Å². The molecule has 2 amide bonds. The molecular weight excluding hydrogens is 490 g/mol. The van der Waals surface area contributed by atoms with E-state index in [1.165, 1.54) is 24.1 Å². The largest absolute Gasteiger partial charge is 0.435 e. The third-order valence-electron chi connectivity index (χ3n) is 6.12. The Labute approximate surface area is 201 Å². The van der Waals surface area contributed by atoms with Crippen molar-refractivity contribution in [3.63, 3.8) is 0 Å². The summed E-state index contributed by atoms with van der Waals surface area (Å²) in [5.74, 6) is -4.52. The summed E-state index contributed by atoms with van der Waals surface area (Å²) in [6.45, 7) is 2.51. The van der Waals surface area contributed by atoms with E-state index in [1.54, 1.807) is 19.9 Å². The van der Waals surface area contributed by atoms with E-state index in [0.29, 0.717) is 23.4 Å². The molecule has 0 saturated heterocycles. The molecule has 1 aliphatic rings. The third-order valence-corrected chi connectivity index (χ3v) is 6.12. The van der Waals surface area contributed by atoms with E-state index in [2.05, 4.69) is 10.4 Å². The number of nitrogens with one attached hydrogen (secondary N) is 1. The molecule has 4 rings (SSSR count). The molecule has 0 bridgehead atoms. The summed E-state index contributed by atoms with van der Waals surface area (Å²) in [5.41, 5.74) is -1.61. The summed E-state index contributed by atoms with van der Waals surface area (Å²) in [4.78, 5) is 27.1. The number of carbonyl (C=O) groups is 2. The van der Waals surface area contributed by atoms with E-state index < -0.39 is 52.8 Å². The second kappa shape index (κ2) is 8.68. The Bertz CT molecular complexity index is 1360. The molecule has 0 unspecified atom stereocenters. The van der Waals surface area contributed by atoms with E-state index in [4.69, 9.17) is 0 Å². The first-order valence-corrected chi connectivity index (χ1v) is 10.7. The quantitative estimate of drug-likeness (QED) is 0.510. The summed E-state index contributed by atoms with van der Waals surface area (Å²) >= 11 is 0. The molecular formula is C24H20F6N4O2. The lowest BCUT2D eigenvalue weighted by Crippen LogP contribution is -2.36. The number of fused-ring (bicyclic) bond motifs is 1. The van der Waals surface area contributed by atoms with Crippen LogP contribution in [-0.2, 0) is 36.5 Å². The van der Waals surface area contributed by atoms with Crippen molar-refractivity contribution in [2.24, 2.45) is 7.05 Å². The van der Waals surface area contributed by atoms with Gasteiger partial charge in [0.25, 0.3) is 5.91 Å². The number of carbonyl (C=O) groups excluding carboxylic acids is 2. The van der Waals surface area contributed by atoms with Crippen LogP contribution < -0.4 is 10.2 Å². The summed E-state index contributed by atoms with van der Waals surface area (Å²) in [6, 6.07) is 6.19. The molecule has 0 spiro atoms. The van der Waals surface area contributed by atoms with Crippen molar-refractivity contribution in [1.82, 2.24) is 15.1 Å². The van der Waals surface area contributed by atoms with Gasteiger partial charge < -0.3 is 10.2 Å². The number of nitrogens with zero attached hydrogens (tertiary/aromatic N) is 3. The van der Waals surface area contributed by atoms with Gasteiger partial charge in [-0.3, -0.25) is 14.3 Å². The van der Waals surface area contributed by atoms with Crippen molar-refractivity contribution in [3.8, 4) is 0 Å². The number of hydrogen-bond acceptors (Lipinski definition) is 3. The highest BCUT2D eigenvalue weighted by Crippen LogP contribution is 2.43. The highest BCUT2D eigenvalue weighted by molar-refractivity contribution is 6.08. The Kier molecular flexibility index (Phi) is 6.09. The predicted molar refractivity (Wildman–Crippen MR) is 116 cm³/mol. The molecule has 2 aromatic carbocycles. The topological polar surface area (TPSA) is 67.2 Å². The maximum Gasteiger partial charge on any atom is 0.435 e. The van der Waals surface area contributed by atoms with Crippen LogP contribution in [0.15, 0.2) is 36.4 Å². The highest BCUT2D eigenvalue weighted by Gasteiger charge is 2.44. The van der Waals surface area contributed by atoms with Crippen LogP contribution in [0.2, 0.25) is 0 Å². The fraction of sp³-hybridized carbons (Fsp3) is 0.292. The number of rotatable bonds is 5. The SMILES string of the molecule is Cn1nc(C(F)(F)F)cc1CN1C(=O)C(C)(C)c2ccc(C(=O)NCc3c(F)cc(F)cc3F)cc21. The van der Waals surface area contributed by atoms with Crippen molar-refractivity contribution in [3.05, 3.63) is 81.9 Å². The normalized spacial score (nSPS) is 14.8. The van der Waals surface area contributed by atoms with Crippen LogP contribution in [0.4, 0.5) is 32.0 Å². The molecule has 0 aliphatic carbocycles. The molecule has 6 nitrogen and oxygen atoms in total. The Morgan fingerprint density at radius 1 is 1.06 bits per heavy atom. The van der Waals surface area contributed by atoms with Crippen LogP contribution in [0.3, 0.4) is 0 Å². The minimum atomic E-state index is -4.66. The van der Waals surface area contributed by atoms with Crippen LogP contribution in [0.1, 0.15) is 46.7 Å². The van der Waals surface area contributed by atoms with Gasteiger partial charge >= 0.3 is 6.18 Å². The lowest BCUT2D eigenvalue weighted by atomic mass is 9.86. The van der Waals surface area contributed by atoms with Gasteiger partial charge in [0.15, 0.2) is 5.69 Å². The van der Waals surface area contributed by atoms with Crippen molar-refractivity contribution in [1.29, 1.82) is 0 Å². The molecule has 190 valence electrons. The standard InChI is InChI=1S/C24H20F6N4O2/c1-23(2)16-5-4-12(21(35)31-10-15-17(26)7-13(25)8-18(15)27)6-19(16)34(22(23)36)11-14-9-20(24(28,29)30)32-33(14)3/h4-9H,10-11H2,1-3H3,(H,31,35). The lowest BCUT2D eigenvalue weighted by Gasteiger charge is -2.20. The van der Waals surface area contributed by atoms with Crippen LogP contribution in [0, 0.1) is 17.5 Å². The number of aryl methyl sites for hydroxylation is 1. The average Bonchev–Trinajstić information content (AvgIpc) is 3.23. The van der Waals surface area contributed by atoms with E-state index in [1.807, 2.05) is 0 Å². The summed E-state index contributed by atoms with van der Waals surface area (Å²) in [7, 11) is 1.33. The van der Waals surface area contributed by atoms with Gasteiger partial charge in [-0.25, -0.2) is 13.2 Å². The van der Waals surface area contributed by atoms with E-state index in [-0.39, 0.29) is 23.7 Å². The second-order valence-electron chi connectivity index (χ2n) is 8.92. The summed E-state index contributed by atoms with van der Waals surface area (Å²) < 4.78 is 81.1. The van der Waals surface area contributed by atoms with Gasteiger partial charge in [0.05, 0.1) is 17.7 Å². The number of aromatic nitrogens is 2. The maximum atomic E-state index is 13.9. The number of amides is 2. The maximum absolute atomic E-state index is 13.9. The van der Waals surface area contributed by atoms with Crippen LogP contribution in [0.25, 0.3) is 0 Å². The van der Waals surface area contributed by atoms with Crippen molar-refractivity contribution in [2.45, 2.75) is 38.5 Å². The smallest absolute Gasteiger partial charge is 0.348 e. The van der Waals surface area contributed by atoms with Crippen molar-refractivity contribution >= 4 is 17.5 Å².